The number of benzene rings is 3. The number of carbonyl (C=O) groups is 2. The lowest BCUT2D eigenvalue weighted by atomic mass is 10.0. The topological polar surface area (TPSA) is 79.3 Å². The number of rotatable bonds is 9. The molecule has 0 radical (unpaired) electrons. The fraction of sp³-hybridized carbons (Fsp3) is 0.258. The zero-order chi connectivity index (χ0) is 27.1. The number of carbonyl (C=O) groups excluding carboxylic acids is 2. The first-order valence-electron chi connectivity index (χ1n) is 12.9. The molecule has 0 aliphatic rings. The zero-order valence-electron chi connectivity index (χ0n) is 22.4. The van der Waals surface area contributed by atoms with Crippen molar-refractivity contribution in [2.75, 3.05) is 11.9 Å². The molecule has 7 heteroatoms. The van der Waals surface area contributed by atoms with E-state index in [1.54, 1.807) is 0 Å². The number of urea groups is 1. The van der Waals surface area contributed by atoms with Crippen LogP contribution in [0.15, 0.2) is 91.1 Å². The summed E-state index contributed by atoms with van der Waals surface area (Å²) in [6.45, 7) is 8.29. The van der Waals surface area contributed by atoms with Crippen LogP contribution in [0.4, 0.5) is 10.7 Å². The molecule has 1 aromatic heterocycles. The van der Waals surface area contributed by atoms with E-state index >= 15 is 0 Å². The second kappa shape index (κ2) is 12.2. The molecule has 0 spiro atoms. The van der Waals surface area contributed by atoms with Crippen molar-refractivity contribution >= 4 is 17.9 Å². The van der Waals surface area contributed by atoms with Gasteiger partial charge >= 0.3 is 6.03 Å². The molecule has 0 bridgehead atoms. The van der Waals surface area contributed by atoms with Gasteiger partial charge in [0.2, 0.25) is 11.9 Å². The minimum atomic E-state index is -0.329. The Kier molecular flexibility index (Phi) is 8.58. The molecule has 4 aromatic rings. The third-order valence-electron chi connectivity index (χ3n) is 6.11. The van der Waals surface area contributed by atoms with Crippen LogP contribution in [0.1, 0.15) is 44.7 Å². The quantitative estimate of drug-likeness (QED) is 0.281. The lowest BCUT2D eigenvalue weighted by Crippen LogP contribution is -2.45. The lowest BCUT2D eigenvalue weighted by Gasteiger charge is -2.24. The van der Waals surface area contributed by atoms with Crippen molar-refractivity contribution in [1.29, 1.82) is 0 Å². The third kappa shape index (κ3) is 6.88. The number of imidazole rings is 1. The molecule has 4 rings (SSSR count). The van der Waals surface area contributed by atoms with E-state index < -0.39 is 0 Å². The first-order valence-corrected chi connectivity index (χ1v) is 12.9. The summed E-state index contributed by atoms with van der Waals surface area (Å²) < 4.78 is 1.88. The predicted molar refractivity (Wildman–Crippen MR) is 152 cm³/mol. The van der Waals surface area contributed by atoms with Crippen LogP contribution in [0.2, 0.25) is 0 Å². The van der Waals surface area contributed by atoms with E-state index in [9.17, 15) is 9.59 Å². The molecule has 196 valence electrons. The van der Waals surface area contributed by atoms with Gasteiger partial charge in [0.05, 0.1) is 5.69 Å². The van der Waals surface area contributed by atoms with Gasteiger partial charge in [0.25, 0.3) is 0 Å². The minimum absolute atomic E-state index is 0.0509. The molecule has 0 saturated carbocycles. The summed E-state index contributed by atoms with van der Waals surface area (Å²) in [6.07, 6.45) is 1.92. The van der Waals surface area contributed by atoms with Crippen molar-refractivity contribution in [2.45, 2.75) is 46.2 Å². The number of amides is 3. The van der Waals surface area contributed by atoms with Crippen LogP contribution >= 0.6 is 0 Å². The van der Waals surface area contributed by atoms with Crippen LogP contribution in [0.25, 0.3) is 16.9 Å². The molecule has 0 saturated heterocycles. The van der Waals surface area contributed by atoms with Gasteiger partial charge in [-0.05, 0) is 43.0 Å². The van der Waals surface area contributed by atoms with E-state index in [1.165, 1.54) is 10.5 Å². The summed E-state index contributed by atoms with van der Waals surface area (Å²) in [5, 5.41) is 5.85. The number of anilines is 1. The summed E-state index contributed by atoms with van der Waals surface area (Å²) in [4.78, 5) is 32.5. The zero-order valence-corrected chi connectivity index (χ0v) is 22.4. The number of hydrogen-bond acceptors (Lipinski definition) is 3. The summed E-state index contributed by atoms with van der Waals surface area (Å²) in [6, 6.07) is 27.4. The molecule has 0 aliphatic heterocycles. The van der Waals surface area contributed by atoms with Crippen LogP contribution in [-0.2, 0) is 11.3 Å². The fourth-order valence-corrected chi connectivity index (χ4v) is 4.11. The van der Waals surface area contributed by atoms with Gasteiger partial charge in [0.1, 0.15) is 6.54 Å². The molecule has 3 aromatic carbocycles. The summed E-state index contributed by atoms with van der Waals surface area (Å²) in [5.74, 6) is 0.485. The smallest absolute Gasteiger partial charge is 0.318 e. The fourth-order valence-electron chi connectivity index (χ4n) is 4.11. The highest BCUT2D eigenvalue weighted by Gasteiger charge is 2.21. The number of hydrogen-bond donors (Lipinski definition) is 2. The van der Waals surface area contributed by atoms with Crippen LogP contribution < -0.4 is 10.6 Å². The molecule has 38 heavy (non-hydrogen) atoms. The molecule has 0 fully saturated rings. The Morgan fingerprint density at radius 2 is 1.50 bits per heavy atom. The molecular formula is C31H35N5O2. The van der Waals surface area contributed by atoms with E-state index in [-0.39, 0.29) is 24.5 Å². The molecule has 0 unspecified atom stereocenters. The molecule has 2 N–H and O–H groups in total. The standard InChI is InChI=1S/C31H35N5O2/c1-22(2)25-15-17-27(18-16-25)36-20-28(26-13-9-6-10-14-26)33-30(36)34-29(37)21-35(31(38)32-23(3)4)19-24-11-7-5-8-12-24/h5-18,20,22-23H,19,21H2,1-4H3,(H,32,38)(H,33,34,37). The molecule has 0 atom stereocenters. The van der Waals surface area contributed by atoms with Crippen LogP contribution in [0.3, 0.4) is 0 Å². The van der Waals surface area contributed by atoms with E-state index in [2.05, 4.69) is 36.6 Å². The van der Waals surface area contributed by atoms with Crippen molar-refractivity contribution in [3.8, 4) is 16.9 Å². The first-order chi connectivity index (χ1) is 18.3. The second-order valence-corrected chi connectivity index (χ2v) is 9.93. The van der Waals surface area contributed by atoms with Crippen molar-refractivity contribution in [1.82, 2.24) is 19.8 Å². The number of aromatic nitrogens is 2. The number of nitrogens with zero attached hydrogens (tertiary/aromatic N) is 3. The SMILES string of the molecule is CC(C)NC(=O)N(CC(=O)Nc1nc(-c2ccccc2)cn1-c1ccc(C(C)C)cc1)Cc1ccccc1. The maximum atomic E-state index is 13.3. The largest absolute Gasteiger partial charge is 0.336 e. The van der Waals surface area contributed by atoms with Crippen LogP contribution in [0.5, 0.6) is 0 Å². The Morgan fingerprint density at radius 1 is 0.868 bits per heavy atom. The Bertz CT molecular complexity index is 1350. The van der Waals surface area contributed by atoms with Crippen molar-refractivity contribution in [2.24, 2.45) is 0 Å². The lowest BCUT2D eigenvalue weighted by molar-refractivity contribution is -0.116. The third-order valence-corrected chi connectivity index (χ3v) is 6.11. The van der Waals surface area contributed by atoms with Crippen molar-refractivity contribution in [3.63, 3.8) is 0 Å². The predicted octanol–water partition coefficient (Wildman–Crippen LogP) is 6.22. The van der Waals surface area contributed by atoms with E-state index in [0.717, 1.165) is 22.5 Å². The molecule has 1 heterocycles. The monoisotopic (exact) mass is 509 g/mol. The average Bonchev–Trinajstić information content (AvgIpc) is 3.32. The maximum Gasteiger partial charge on any atom is 0.318 e. The van der Waals surface area contributed by atoms with E-state index in [0.29, 0.717) is 18.4 Å². The molecule has 3 amide bonds. The van der Waals surface area contributed by atoms with Gasteiger partial charge in [-0.1, -0.05) is 86.6 Å². The van der Waals surface area contributed by atoms with Crippen molar-refractivity contribution in [3.05, 3.63) is 102 Å². The Labute approximate surface area is 224 Å². The summed E-state index contributed by atoms with van der Waals surface area (Å²) in [5.41, 5.74) is 4.75. The molecule has 0 aliphatic carbocycles. The highest BCUT2D eigenvalue weighted by molar-refractivity contribution is 5.93. The van der Waals surface area contributed by atoms with Gasteiger partial charge < -0.3 is 10.2 Å². The normalized spacial score (nSPS) is 11.0. The Morgan fingerprint density at radius 3 is 2.11 bits per heavy atom. The van der Waals surface area contributed by atoms with Crippen molar-refractivity contribution < 1.29 is 9.59 Å². The van der Waals surface area contributed by atoms with E-state index in [4.69, 9.17) is 4.98 Å². The summed E-state index contributed by atoms with van der Waals surface area (Å²) >= 11 is 0. The maximum absolute atomic E-state index is 13.3. The average molecular weight is 510 g/mol. The van der Waals surface area contributed by atoms with Gasteiger partial charge in [0, 0.05) is 30.0 Å². The first kappa shape index (κ1) is 26.7. The van der Waals surface area contributed by atoms with Gasteiger partial charge in [-0.2, -0.15) is 0 Å². The molecular weight excluding hydrogens is 474 g/mol. The van der Waals surface area contributed by atoms with Gasteiger partial charge in [0.15, 0.2) is 0 Å². The van der Waals surface area contributed by atoms with Gasteiger partial charge in [-0.25, -0.2) is 9.78 Å². The highest BCUT2D eigenvalue weighted by Crippen LogP contribution is 2.25. The Hall–Kier alpha value is -4.39. The van der Waals surface area contributed by atoms with Crippen LogP contribution in [0, 0.1) is 0 Å². The molecule has 7 nitrogen and oxygen atoms in total. The second-order valence-electron chi connectivity index (χ2n) is 9.93. The van der Waals surface area contributed by atoms with Crippen LogP contribution in [-0.4, -0.2) is 39.0 Å². The van der Waals surface area contributed by atoms with Gasteiger partial charge in [-0.15, -0.1) is 0 Å². The minimum Gasteiger partial charge on any atom is -0.336 e. The highest BCUT2D eigenvalue weighted by atomic mass is 16.2. The summed E-state index contributed by atoms with van der Waals surface area (Å²) in [7, 11) is 0. The Balaban J connectivity index is 1.61. The van der Waals surface area contributed by atoms with E-state index in [1.807, 2.05) is 97.4 Å². The van der Waals surface area contributed by atoms with Gasteiger partial charge in [-0.3, -0.25) is 14.7 Å². The number of nitrogens with one attached hydrogen (secondary N) is 2.